The molecule has 0 radical (unpaired) electrons. The predicted octanol–water partition coefficient (Wildman–Crippen LogP) is 1.97. The Morgan fingerprint density at radius 2 is 2.12 bits per heavy atom. The van der Waals surface area contributed by atoms with Gasteiger partial charge in [0.25, 0.3) is 0 Å². The van der Waals surface area contributed by atoms with E-state index in [1.54, 1.807) is 0 Å². The van der Waals surface area contributed by atoms with Gasteiger partial charge < -0.3 is 20.0 Å². The van der Waals surface area contributed by atoms with Gasteiger partial charge in [-0.25, -0.2) is 0 Å². The van der Waals surface area contributed by atoms with E-state index in [9.17, 15) is 0 Å². The lowest BCUT2D eigenvalue weighted by Gasteiger charge is -2.11. The second-order valence-electron chi connectivity index (χ2n) is 4.02. The SMILES string of the molecule is S=c1[nH]c2ccc(OC3CCNC3)cc2[nH]1. The van der Waals surface area contributed by atoms with E-state index in [1.165, 1.54) is 0 Å². The van der Waals surface area contributed by atoms with E-state index in [2.05, 4.69) is 15.3 Å². The van der Waals surface area contributed by atoms with Gasteiger partial charge in [-0.2, -0.15) is 0 Å². The van der Waals surface area contributed by atoms with Crippen LogP contribution in [-0.4, -0.2) is 29.2 Å². The summed E-state index contributed by atoms with van der Waals surface area (Å²) in [5, 5.41) is 3.28. The fourth-order valence-corrected chi connectivity index (χ4v) is 2.23. The molecule has 1 aliphatic heterocycles. The number of H-pyrrole nitrogens is 2. The highest BCUT2D eigenvalue weighted by molar-refractivity contribution is 7.71. The Balaban J connectivity index is 1.89. The quantitative estimate of drug-likeness (QED) is 0.697. The molecule has 0 amide bonds. The third-order valence-corrected chi connectivity index (χ3v) is 3.01. The number of ether oxygens (including phenoxy) is 1. The van der Waals surface area contributed by atoms with Gasteiger partial charge in [0.2, 0.25) is 0 Å². The minimum Gasteiger partial charge on any atom is -0.489 e. The van der Waals surface area contributed by atoms with Gasteiger partial charge in [0.05, 0.1) is 11.0 Å². The van der Waals surface area contributed by atoms with Crippen LogP contribution in [0.1, 0.15) is 6.42 Å². The zero-order valence-corrected chi connectivity index (χ0v) is 9.56. The second kappa shape index (κ2) is 3.92. The topological polar surface area (TPSA) is 52.8 Å². The summed E-state index contributed by atoms with van der Waals surface area (Å²) in [5.74, 6) is 0.895. The normalized spacial score (nSPS) is 20.4. The Morgan fingerprint density at radius 3 is 2.94 bits per heavy atom. The van der Waals surface area contributed by atoms with Crippen molar-refractivity contribution in [2.75, 3.05) is 13.1 Å². The maximum atomic E-state index is 5.86. The molecule has 1 saturated heterocycles. The van der Waals surface area contributed by atoms with Crippen molar-refractivity contribution in [2.45, 2.75) is 12.5 Å². The zero-order chi connectivity index (χ0) is 11.0. The maximum absolute atomic E-state index is 5.86. The van der Waals surface area contributed by atoms with Gasteiger partial charge in [-0.15, -0.1) is 0 Å². The average molecular weight is 235 g/mol. The molecule has 1 aromatic heterocycles. The van der Waals surface area contributed by atoms with Gasteiger partial charge in [-0.1, -0.05) is 0 Å². The average Bonchev–Trinajstić information content (AvgIpc) is 2.85. The summed E-state index contributed by atoms with van der Waals surface area (Å²) < 4.78 is 6.51. The minimum atomic E-state index is 0.291. The summed E-state index contributed by atoms with van der Waals surface area (Å²) in [6.07, 6.45) is 1.36. The molecule has 2 aromatic rings. The molecule has 0 saturated carbocycles. The van der Waals surface area contributed by atoms with Crippen LogP contribution in [0.15, 0.2) is 18.2 Å². The second-order valence-corrected chi connectivity index (χ2v) is 4.43. The van der Waals surface area contributed by atoms with Crippen molar-refractivity contribution in [3.63, 3.8) is 0 Å². The predicted molar refractivity (Wildman–Crippen MR) is 65.4 cm³/mol. The van der Waals surface area contributed by atoms with Crippen LogP contribution in [0, 0.1) is 4.77 Å². The highest BCUT2D eigenvalue weighted by Gasteiger charge is 2.15. The summed E-state index contributed by atoms with van der Waals surface area (Å²) in [6.45, 7) is 1.97. The molecule has 0 bridgehead atoms. The Kier molecular flexibility index (Phi) is 2.41. The molecule has 1 unspecified atom stereocenters. The third kappa shape index (κ3) is 1.83. The first-order valence-electron chi connectivity index (χ1n) is 5.41. The van der Waals surface area contributed by atoms with E-state index < -0.39 is 0 Å². The lowest BCUT2D eigenvalue weighted by atomic mass is 10.3. The van der Waals surface area contributed by atoms with Gasteiger partial charge in [-0.3, -0.25) is 0 Å². The highest BCUT2D eigenvalue weighted by Crippen LogP contribution is 2.20. The molecular weight excluding hydrogens is 222 g/mol. The number of aromatic amines is 2. The van der Waals surface area contributed by atoms with Gasteiger partial charge in [0.15, 0.2) is 4.77 Å². The standard InChI is InChI=1S/C11H13N3OS/c16-11-13-9-2-1-7(5-10(9)14-11)15-8-3-4-12-6-8/h1-2,5,8,12H,3-4,6H2,(H2,13,14,16). The molecule has 16 heavy (non-hydrogen) atoms. The molecule has 0 spiro atoms. The Bertz CT molecular complexity index is 554. The van der Waals surface area contributed by atoms with E-state index in [-0.39, 0.29) is 0 Å². The number of aromatic nitrogens is 2. The van der Waals surface area contributed by atoms with Gasteiger partial charge in [0, 0.05) is 12.6 Å². The molecule has 0 aliphatic carbocycles. The smallest absolute Gasteiger partial charge is 0.175 e. The number of hydrogen-bond acceptors (Lipinski definition) is 3. The Hall–Kier alpha value is -1.33. The monoisotopic (exact) mass is 235 g/mol. The molecular formula is C11H13N3OS. The number of nitrogens with one attached hydrogen (secondary N) is 3. The Labute approximate surface area is 98.0 Å². The van der Waals surface area contributed by atoms with Crippen LogP contribution >= 0.6 is 12.2 Å². The van der Waals surface area contributed by atoms with Crippen LogP contribution in [0.5, 0.6) is 5.75 Å². The first kappa shape index (κ1) is 9.86. The molecule has 1 aromatic carbocycles. The van der Waals surface area contributed by atoms with Crippen LogP contribution in [-0.2, 0) is 0 Å². The molecule has 1 atom stereocenters. The van der Waals surface area contributed by atoms with Crippen molar-refractivity contribution >= 4 is 23.3 Å². The van der Waals surface area contributed by atoms with Crippen LogP contribution < -0.4 is 10.1 Å². The third-order valence-electron chi connectivity index (χ3n) is 2.81. The van der Waals surface area contributed by atoms with Crippen molar-refractivity contribution in [3.05, 3.63) is 23.0 Å². The van der Waals surface area contributed by atoms with Crippen molar-refractivity contribution < 1.29 is 4.74 Å². The van der Waals surface area contributed by atoms with E-state index in [0.717, 1.165) is 36.3 Å². The summed E-state index contributed by atoms with van der Waals surface area (Å²) in [6, 6.07) is 5.94. The summed E-state index contributed by atoms with van der Waals surface area (Å²) in [5.41, 5.74) is 2.01. The fraction of sp³-hybridized carbons (Fsp3) is 0.364. The number of imidazole rings is 1. The van der Waals surface area contributed by atoms with E-state index in [4.69, 9.17) is 17.0 Å². The van der Waals surface area contributed by atoms with E-state index in [1.807, 2.05) is 18.2 Å². The van der Waals surface area contributed by atoms with Crippen LogP contribution in [0.25, 0.3) is 11.0 Å². The maximum Gasteiger partial charge on any atom is 0.175 e. The summed E-state index contributed by atoms with van der Waals surface area (Å²) in [7, 11) is 0. The molecule has 5 heteroatoms. The van der Waals surface area contributed by atoms with Crippen molar-refractivity contribution in [2.24, 2.45) is 0 Å². The molecule has 84 valence electrons. The van der Waals surface area contributed by atoms with E-state index >= 15 is 0 Å². The first-order chi connectivity index (χ1) is 7.81. The minimum absolute atomic E-state index is 0.291. The molecule has 1 aliphatic rings. The lowest BCUT2D eigenvalue weighted by molar-refractivity contribution is 0.223. The van der Waals surface area contributed by atoms with Gasteiger partial charge in [-0.05, 0) is 37.3 Å². The molecule has 1 fully saturated rings. The zero-order valence-electron chi connectivity index (χ0n) is 8.75. The van der Waals surface area contributed by atoms with Crippen molar-refractivity contribution in [3.8, 4) is 5.75 Å². The number of benzene rings is 1. The molecule has 3 rings (SSSR count). The summed E-state index contributed by atoms with van der Waals surface area (Å²) in [4.78, 5) is 6.16. The number of hydrogen-bond donors (Lipinski definition) is 3. The lowest BCUT2D eigenvalue weighted by Crippen LogP contribution is -2.19. The largest absolute Gasteiger partial charge is 0.489 e. The fourth-order valence-electron chi connectivity index (χ4n) is 2.01. The van der Waals surface area contributed by atoms with Gasteiger partial charge >= 0.3 is 0 Å². The van der Waals surface area contributed by atoms with Gasteiger partial charge in [0.1, 0.15) is 11.9 Å². The van der Waals surface area contributed by atoms with Crippen molar-refractivity contribution in [1.82, 2.24) is 15.3 Å². The number of rotatable bonds is 2. The van der Waals surface area contributed by atoms with Crippen LogP contribution in [0.4, 0.5) is 0 Å². The molecule has 2 heterocycles. The van der Waals surface area contributed by atoms with Crippen LogP contribution in [0.3, 0.4) is 0 Å². The van der Waals surface area contributed by atoms with E-state index in [0.29, 0.717) is 10.9 Å². The van der Waals surface area contributed by atoms with Crippen LogP contribution in [0.2, 0.25) is 0 Å². The molecule has 3 N–H and O–H groups in total. The molecule has 4 nitrogen and oxygen atoms in total. The summed E-state index contributed by atoms with van der Waals surface area (Å²) >= 11 is 5.04. The highest BCUT2D eigenvalue weighted by atomic mass is 32.1. The van der Waals surface area contributed by atoms with Crippen molar-refractivity contribution in [1.29, 1.82) is 0 Å². The first-order valence-corrected chi connectivity index (χ1v) is 5.81. The Morgan fingerprint density at radius 1 is 1.25 bits per heavy atom. The number of fused-ring (bicyclic) bond motifs is 1.